The van der Waals surface area contributed by atoms with Gasteiger partial charge in [-0.05, 0) is 50.1 Å². The van der Waals surface area contributed by atoms with Crippen LogP contribution in [0.15, 0.2) is 46.0 Å². The summed E-state index contributed by atoms with van der Waals surface area (Å²) in [6.07, 6.45) is 4.13. The maximum atomic E-state index is 12.8. The third-order valence-electron chi connectivity index (χ3n) is 4.76. The lowest BCUT2D eigenvalue weighted by Gasteiger charge is -2.37. The number of nitrogens with zero attached hydrogens (tertiary/aromatic N) is 4. The van der Waals surface area contributed by atoms with Crippen LogP contribution in [0.4, 0.5) is 0 Å². The minimum Gasteiger partial charge on any atom is -0.338 e. The molecule has 1 unspecified atom stereocenters. The molecular weight excluding hydrogens is 338 g/mol. The first-order valence-corrected chi connectivity index (χ1v) is 8.89. The summed E-state index contributed by atoms with van der Waals surface area (Å²) in [5.74, 6) is 1.05. The Balaban J connectivity index is 1.53. The molecule has 1 fully saturated rings. The molecule has 3 heterocycles. The molecule has 130 valence electrons. The zero-order chi connectivity index (χ0) is 17.4. The molecule has 1 aromatic rings. The van der Waals surface area contributed by atoms with Crippen LogP contribution in [-0.4, -0.2) is 47.2 Å². The fraction of sp³-hybridized carbons (Fsp3) is 0.389. The first-order valence-electron chi connectivity index (χ1n) is 8.51. The lowest BCUT2D eigenvalue weighted by molar-refractivity contribution is 0.0679. The first kappa shape index (κ1) is 16.3. The third-order valence-corrected chi connectivity index (χ3v) is 5.01. The highest BCUT2D eigenvalue weighted by molar-refractivity contribution is 6.30. The molecule has 1 atom stereocenters. The van der Waals surface area contributed by atoms with Crippen molar-refractivity contribution in [2.75, 3.05) is 19.8 Å². The number of amides is 1. The smallest absolute Gasteiger partial charge is 0.253 e. The van der Waals surface area contributed by atoms with Crippen molar-refractivity contribution in [1.29, 1.82) is 0 Å². The molecule has 1 amide bonds. The fourth-order valence-corrected chi connectivity index (χ4v) is 3.68. The third kappa shape index (κ3) is 3.19. The van der Waals surface area contributed by atoms with Crippen molar-refractivity contribution in [3.8, 4) is 0 Å². The molecule has 0 bridgehead atoms. The van der Waals surface area contributed by atoms with E-state index in [9.17, 15) is 4.79 Å². The lowest BCUT2D eigenvalue weighted by atomic mass is 9.92. The van der Waals surface area contributed by atoms with E-state index < -0.39 is 0 Å². The number of hydrogen-bond acceptors (Lipinski definition) is 5. The van der Waals surface area contributed by atoms with Crippen LogP contribution in [0.1, 0.15) is 30.1 Å². The standard InChI is InChI=1S/C18H20ClN5O/c1-12-9-16(24-18(22-12)20-11-21-24)14-3-2-8-23(10-14)17(25)13-4-6-15(19)7-5-13/h4-7,9,14,21H,2-3,8,10-11H2,1H3. The van der Waals surface area contributed by atoms with Crippen molar-refractivity contribution in [2.24, 2.45) is 15.9 Å². The second-order valence-electron chi connectivity index (χ2n) is 6.53. The Morgan fingerprint density at radius 3 is 2.92 bits per heavy atom. The molecular formula is C18H20ClN5O. The summed E-state index contributed by atoms with van der Waals surface area (Å²) in [5.41, 5.74) is 6.03. The molecule has 1 aromatic carbocycles. The molecule has 0 radical (unpaired) electrons. The highest BCUT2D eigenvalue weighted by atomic mass is 35.5. The Morgan fingerprint density at radius 2 is 2.12 bits per heavy atom. The number of rotatable bonds is 2. The van der Waals surface area contributed by atoms with Crippen LogP contribution in [0.3, 0.4) is 0 Å². The van der Waals surface area contributed by atoms with E-state index in [-0.39, 0.29) is 11.8 Å². The molecule has 25 heavy (non-hydrogen) atoms. The number of benzene rings is 1. The number of allylic oxidation sites excluding steroid dienone is 1. The van der Waals surface area contributed by atoms with E-state index in [1.807, 2.05) is 16.8 Å². The number of guanidine groups is 1. The number of fused-ring (bicyclic) bond motifs is 1. The number of hydrazine groups is 1. The van der Waals surface area contributed by atoms with E-state index in [4.69, 9.17) is 11.6 Å². The zero-order valence-electron chi connectivity index (χ0n) is 14.1. The highest BCUT2D eigenvalue weighted by Crippen LogP contribution is 2.29. The summed E-state index contributed by atoms with van der Waals surface area (Å²) < 4.78 is 0. The van der Waals surface area contributed by atoms with Gasteiger partial charge >= 0.3 is 0 Å². The SMILES string of the molecule is CC1=NC2=NCNN2C(C2CCCN(C(=O)c3ccc(Cl)cc3)C2)=C1. The Labute approximate surface area is 151 Å². The number of piperidine rings is 1. The van der Waals surface area contributed by atoms with Gasteiger partial charge in [0.05, 0.1) is 0 Å². The van der Waals surface area contributed by atoms with Gasteiger partial charge < -0.3 is 4.90 Å². The van der Waals surface area contributed by atoms with E-state index in [2.05, 4.69) is 21.5 Å². The van der Waals surface area contributed by atoms with Gasteiger partial charge in [-0.1, -0.05) is 11.6 Å². The van der Waals surface area contributed by atoms with Crippen molar-refractivity contribution >= 4 is 29.2 Å². The summed E-state index contributed by atoms with van der Waals surface area (Å²) in [4.78, 5) is 23.6. The average molecular weight is 358 g/mol. The maximum absolute atomic E-state index is 12.8. The molecule has 7 heteroatoms. The molecule has 0 saturated carbocycles. The van der Waals surface area contributed by atoms with Crippen LogP contribution < -0.4 is 5.43 Å². The van der Waals surface area contributed by atoms with E-state index in [0.717, 1.165) is 36.8 Å². The van der Waals surface area contributed by atoms with Crippen molar-refractivity contribution < 1.29 is 4.79 Å². The van der Waals surface area contributed by atoms with Crippen molar-refractivity contribution in [3.63, 3.8) is 0 Å². The largest absolute Gasteiger partial charge is 0.338 e. The topological polar surface area (TPSA) is 60.3 Å². The number of hydrogen-bond donors (Lipinski definition) is 1. The van der Waals surface area contributed by atoms with E-state index in [1.165, 1.54) is 0 Å². The molecule has 0 spiro atoms. The number of nitrogens with one attached hydrogen (secondary N) is 1. The van der Waals surface area contributed by atoms with Gasteiger partial charge in [-0.25, -0.2) is 20.4 Å². The van der Waals surface area contributed by atoms with Crippen LogP contribution in [0.25, 0.3) is 0 Å². The number of aliphatic imine (C=N–C) groups is 2. The molecule has 3 aliphatic heterocycles. The molecule has 0 aromatic heterocycles. The van der Waals surface area contributed by atoms with Gasteiger partial charge in [-0.3, -0.25) is 4.79 Å². The quantitative estimate of drug-likeness (QED) is 0.885. The monoisotopic (exact) mass is 357 g/mol. The number of carbonyl (C=O) groups excluding carboxylic acids is 1. The minimum atomic E-state index is 0.0615. The number of likely N-dealkylation sites (tertiary alicyclic amines) is 1. The summed E-state index contributed by atoms with van der Waals surface area (Å²) in [5, 5.41) is 2.61. The Hall–Kier alpha value is -2.18. The zero-order valence-corrected chi connectivity index (χ0v) is 14.8. The summed E-state index contributed by atoms with van der Waals surface area (Å²) in [6, 6.07) is 7.10. The molecule has 1 saturated heterocycles. The Bertz CT molecular complexity index is 783. The van der Waals surface area contributed by atoms with E-state index in [0.29, 0.717) is 23.8 Å². The van der Waals surface area contributed by atoms with Crippen molar-refractivity contribution in [1.82, 2.24) is 15.3 Å². The Kier molecular flexibility index (Phi) is 4.31. The number of halogens is 1. The Morgan fingerprint density at radius 1 is 1.32 bits per heavy atom. The van der Waals surface area contributed by atoms with Gasteiger partial charge in [-0.15, -0.1) is 0 Å². The highest BCUT2D eigenvalue weighted by Gasteiger charge is 2.33. The minimum absolute atomic E-state index is 0.0615. The maximum Gasteiger partial charge on any atom is 0.253 e. The molecule has 6 nitrogen and oxygen atoms in total. The van der Waals surface area contributed by atoms with Crippen LogP contribution >= 0.6 is 11.6 Å². The first-order chi connectivity index (χ1) is 12.1. The van der Waals surface area contributed by atoms with Crippen LogP contribution in [0.2, 0.25) is 5.02 Å². The van der Waals surface area contributed by atoms with Gasteiger partial charge in [0.15, 0.2) is 0 Å². The predicted octanol–water partition coefficient (Wildman–Crippen LogP) is 2.68. The summed E-state index contributed by atoms with van der Waals surface area (Å²) in [7, 11) is 0. The molecule has 4 rings (SSSR count). The molecule has 0 aliphatic carbocycles. The van der Waals surface area contributed by atoms with Gasteiger partial charge in [-0.2, -0.15) is 0 Å². The number of carbonyl (C=O) groups is 1. The van der Waals surface area contributed by atoms with Gasteiger partial charge in [0.2, 0.25) is 5.96 Å². The van der Waals surface area contributed by atoms with Crippen molar-refractivity contribution in [3.05, 3.63) is 46.6 Å². The lowest BCUT2D eigenvalue weighted by Crippen LogP contribution is -2.46. The second-order valence-corrected chi connectivity index (χ2v) is 6.97. The molecule has 1 N–H and O–H groups in total. The molecule has 3 aliphatic rings. The van der Waals surface area contributed by atoms with E-state index >= 15 is 0 Å². The van der Waals surface area contributed by atoms with Gasteiger partial charge in [0, 0.05) is 41.0 Å². The summed E-state index contributed by atoms with van der Waals surface area (Å²) >= 11 is 5.92. The van der Waals surface area contributed by atoms with Gasteiger partial charge in [0.1, 0.15) is 6.67 Å². The summed E-state index contributed by atoms with van der Waals surface area (Å²) in [6.45, 7) is 4.01. The normalized spacial score (nSPS) is 23.0. The predicted molar refractivity (Wildman–Crippen MR) is 98.5 cm³/mol. The van der Waals surface area contributed by atoms with Crippen molar-refractivity contribution in [2.45, 2.75) is 19.8 Å². The van der Waals surface area contributed by atoms with Crippen LogP contribution in [0.5, 0.6) is 0 Å². The van der Waals surface area contributed by atoms with Gasteiger partial charge in [0.25, 0.3) is 5.91 Å². The average Bonchev–Trinajstić information content (AvgIpc) is 3.09. The van der Waals surface area contributed by atoms with Crippen LogP contribution in [-0.2, 0) is 0 Å². The van der Waals surface area contributed by atoms with Crippen LogP contribution in [0, 0.1) is 5.92 Å². The van der Waals surface area contributed by atoms with E-state index in [1.54, 1.807) is 24.3 Å². The fourth-order valence-electron chi connectivity index (χ4n) is 3.56. The second kappa shape index (κ2) is 6.61.